The zero-order valence-corrected chi connectivity index (χ0v) is 11.4. The second kappa shape index (κ2) is 4.99. The van der Waals surface area contributed by atoms with Crippen LogP contribution in [0.25, 0.3) is 0 Å². The van der Waals surface area contributed by atoms with Gasteiger partial charge in [-0.15, -0.1) is 0 Å². The van der Waals surface area contributed by atoms with Crippen LogP contribution in [0, 0.1) is 15.5 Å². The minimum atomic E-state index is -0.448. The minimum absolute atomic E-state index is 0.0901. The number of nitrogens with zero attached hydrogens (tertiary/aromatic N) is 3. The summed E-state index contributed by atoms with van der Waals surface area (Å²) in [6.07, 6.45) is 4.58. The molecular formula is C12H19N5O2. The molecule has 0 spiro atoms. The summed E-state index contributed by atoms with van der Waals surface area (Å²) < 4.78 is 0. The molecular weight excluding hydrogens is 246 g/mol. The van der Waals surface area contributed by atoms with Crippen molar-refractivity contribution in [2.45, 2.75) is 39.2 Å². The number of anilines is 2. The van der Waals surface area contributed by atoms with Gasteiger partial charge in [-0.2, -0.15) is 0 Å². The van der Waals surface area contributed by atoms with Crippen molar-refractivity contribution in [3.8, 4) is 0 Å². The highest BCUT2D eigenvalue weighted by Crippen LogP contribution is 2.40. The van der Waals surface area contributed by atoms with Gasteiger partial charge in [0.05, 0.1) is 4.92 Å². The van der Waals surface area contributed by atoms with Gasteiger partial charge in [0.25, 0.3) is 0 Å². The van der Waals surface area contributed by atoms with E-state index in [0.29, 0.717) is 5.82 Å². The SMILES string of the molecule is CNc1ncnc(NC2CCCC2(C)C)c1[N+](=O)[O-]. The van der Waals surface area contributed by atoms with Crippen LogP contribution in [0.3, 0.4) is 0 Å². The molecule has 7 nitrogen and oxygen atoms in total. The Morgan fingerprint density at radius 2 is 2.11 bits per heavy atom. The van der Waals surface area contributed by atoms with E-state index in [1.165, 1.54) is 6.33 Å². The van der Waals surface area contributed by atoms with E-state index in [-0.39, 0.29) is 23.0 Å². The molecule has 1 fully saturated rings. The first-order valence-electron chi connectivity index (χ1n) is 6.39. The van der Waals surface area contributed by atoms with E-state index in [1.54, 1.807) is 7.05 Å². The molecule has 19 heavy (non-hydrogen) atoms. The van der Waals surface area contributed by atoms with Crippen molar-refractivity contribution < 1.29 is 4.92 Å². The molecule has 1 heterocycles. The lowest BCUT2D eigenvalue weighted by Gasteiger charge is -2.28. The summed E-state index contributed by atoms with van der Waals surface area (Å²) in [6.45, 7) is 4.34. The van der Waals surface area contributed by atoms with Gasteiger partial charge in [0.1, 0.15) is 6.33 Å². The van der Waals surface area contributed by atoms with E-state index in [0.717, 1.165) is 19.3 Å². The quantitative estimate of drug-likeness (QED) is 0.641. The summed E-state index contributed by atoms with van der Waals surface area (Å²) in [5.41, 5.74) is 0.0335. The molecule has 1 aliphatic carbocycles. The van der Waals surface area contributed by atoms with Crippen LogP contribution in [-0.4, -0.2) is 28.0 Å². The number of rotatable bonds is 4. The summed E-state index contributed by atoms with van der Waals surface area (Å²) in [6, 6.07) is 0.200. The van der Waals surface area contributed by atoms with Gasteiger partial charge in [-0.1, -0.05) is 20.3 Å². The molecule has 1 atom stereocenters. The topological polar surface area (TPSA) is 93.0 Å². The minimum Gasteiger partial charge on any atom is -0.367 e. The second-order valence-corrected chi connectivity index (χ2v) is 5.50. The molecule has 0 amide bonds. The maximum Gasteiger partial charge on any atom is 0.353 e. The van der Waals surface area contributed by atoms with Crippen molar-refractivity contribution in [2.75, 3.05) is 17.7 Å². The van der Waals surface area contributed by atoms with Crippen LogP contribution in [0.2, 0.25) is 0 Å². The number of aromatic nitrogens is 2. The highest BCUT2D eigenvalue weighted by atomic mass is 16.6. The van der Waals surface area contributed by atoms with Gasteiger partial charge in [0.15, 0.2) is 0 Å². The first-order chi connectivity index (χ1) is 8.95. The Morgan fingerprint density at radius 1 is 1.42 bits per heavy atom. The molecule has 1 aliphatic rings. The predicted molar refractivity (Wildman–Crippen MR) is 73.3 cm³/mol. The van der Waals surface area contributed by atoms with E-state index in [9.17, 15) is 10.1 Å². The van der Waals surface area contributed by atoms with E-state index in [2.05, 4.69) is 34.4 Å². The smallest absolute Gasteiger partial charge is 0.353 e. The largest absolute Gasteiger partial charge is 0.367 e. The van der Waals surface area contributed by atoms with Crippen molar-refractivity contribution >= 4 is 17.3 Å². The molecule has 1 aromatic heterocycles. The van der Waals surface area contributed by atoms with Crippen molar-refractivity contribution in [2.24, 2.45) is 5.41 Å². The molecule has 0 bridgehead atoms. The molecule has 0 radical (unpaired) electrons. The molecule has 2 rings (SSSR count). The van der Waals surface area contributed by atoms with Gasteiger partial charge in [-0.25, -0.2) is 9.97 Å². The number of hydrogen-bond acceptors (Lipinski definition) is 6. The van der Waals surface area contributed by atoms with E-state index in [1.807, 2.05) is 0 Å². The highest BCUT2D eigenvalue weighted by Gasteiger charge is 2.36. The third-order valence-electron chi connectivity index (χ3n) is 3.81. The lowest BCUT2D eigenvalue weighted by Crippen LogP contribution is -2.31. The van der Waals surface area contributed by atoms with E-state index >= 15 is 0 Å². The van der Waals surface area contributed by atoms with Crippen LogP contribution in [-0.2, 0) is 0 Å². The Kier molecular flexibility index (Phi) is 3.55. The van der Waals surface area contributed by atoms with E-state index < -0.39 is 4.92 Å². The number of nitro groups is 1. The molecule has 1 unspecified atom stereocenters. The summed E-state index contributed by atoms with van der Waals surface area (Å²) in [5, 5.41) is 17.1. The van der Waals surface area contributed by atoms with Crippen LogP contribution in [0.5, 0.6) is 0 Å². The normalized spacial score (nSPS) is 21.1. The molecule has 7 heteroatoms. The van der Waals surface area contributed by atoms with Crippen molar-refractivity contribution in [3.05, 3.63) is 16.4 Å². The maximum atomic E-state index is 11.2. The van der Waals surface area contributed by atoms with Gasteiger partial charge >= 0.3 is 5.69 Å². The monoisotopic (exact) mass is 265 g/mol. The predicted octanol–water partition coefficient (Wildman–Crippen LogP) is 2.42. The average Bonchev–Trinajstić information content (AvgIpc) is 2.68. The van der Waals surface area contributed by atoms with Crippen LogP contribution < -0.4 is 10.6 Å². The van der Waals surface area contributed by atoms with Crippen LogP contribution in [0.4, 0.5) is 17.3 Å². The van der Waals surface area contributed by atoms with E-state index in [4.69, 9.17) is 0 Å². The van der Waals surface area contributed by atoms with Crippen molar-refractivity contribution in [1.29, 1.82) is 0 Å². The number of hydrogen-bond donors (Lipinski definition) is 2. The first kappa shape index (κ1) is 13.5. The van der Waals surface area contributed by atoms with Crippen molar-refractivity contribution in [1.82, 2.24) is 9.97 Å². The summed E-state index contributed by atoms with van der Waals surface area (Å²) >= 11 is 0. The maximum absolute atomic E-state index is 11.2. The van der Waals surface area contributed by atoms with Crippen LogP contribution in [0.15, 0.2) is 6.33 Å². The van der Waals surface area contributed by atoms with Gasteiger partial charge in [0, 0.05) is 13.1 Å². The Balaban J connectivity index is 2.32. The van der Waals surface area contributed by atoms with Gasteiger partial charge in [-0.05, 0) is 18.3 Å². The Bertz CT molecular complexity index is 489. The second-order valence-electron chi connectivity index (χ2n) is 5.50. The van der Waals surface area contributed by atoms with Gasteiger partial charge in [0.2, 0.25) is 11.6 Å². The zero-order valence-electron chi connectivity index (χ0n) is 11.4. The Morgan fingerprint density at radius 3 is 2.63 bits per heavy atom. The molecule has 1 aromatic rings. The fourth-order valence-corrected chi connectivity index (χ4v) is 2.60. The fraction of sp³-hybridized carbons (Fsp3) is 0.667. The van der Waals surface area contributed by atoms with Gasteiger partial charge in [-0.3, -0.25) is 10.1 Å². The molecule has 0 aromatic carbocycles. The van der Waals surface area contributed by atoms with Gasteiger partial charge < -0.3 is 10.6 Å². The van der Waals surface area contributed by atoms with Crippen molar-refractivity contribution in [3.63, 3.8) is 0 Å². The zero-order chi connectivity index (χ0) is 14.0. The number of nitrogens with one attached hydrogen (secondary N) is 2. The first-order valence-corrected chi connectivity index (χ1v) is 6.39. The summed E-state index contributed by atoms with van der Waals surface area (Å²) in [5.74, 6) is 0.530. The molecule has 1 saturated carbocycles. The molecule has 0 saturated heterocycles. The lowest BCUT2D eigenvalue weighted by atomic mass is 9.87. The highest BCUT2D eigenvalue weighted by molar-refractivity contribution is 5.69. The molecule has 104 valence electrons. The lowest BCUT2D eigenvalue weighted by molar-refractivity contribution is -0.383. The molecule has 2 N–H and O–H groups in total. The Labute approximate surface area is 112 Å². The average molecular weight is 265 g/mol. The summed E-state index contributed by atoms with van der Waals surface area (Å²) in [7, 11) is 1.61. The third-order valence-corrected chi connectivity index (χ3v) is 3.81. The third kappa shape index (κ3) is 2.59. The standard InChI is InChI=1S/C12H19N5O2/c1-12(2)6-4-5-8(12)16-11-9(17(18)19)10(13-3)14-7-15-11/h7-8H,4-6H2,1-3H3,(H2,13,14,15,16). The fourth-order valence-electron chi connectivity index (χ4n) is 2.60. The molecule has 0 aliphatic heterocycles. The van der Waals surface area contributed by atoms with Crippen LogP contribution >= 0.6 is 0 Å². The Hall–Kier alpha value is -1.92. The van der Waals surface area contributed by atoms with Crippen LogP contribution in [0.1, 0.15) is 33.1 Å². The summed E-state index contributed by atoms with van der Waals surface area (Å²) in [4.78, 5) is 18.7.